The standard InChI is InChI=1S/C12H13FN2O/c1-12(2,3)15-10-6-8(13)4-5-9(10)14-7-11(15)16/h4-7H,1-3H3. The first kappa shape index (κ1) is 10.8. The van der Waals surface area contributed by atoms with Gasteiger partial charge in [0.2, 0.25) is 0 Å². The molecular formula is C12H13FN2O. The highest BCUT2D eigenvalue weighted by Gasteiger charge is 2.17. The van der Waals surface area contributed by atoms with Crippen molar-refractivity contribution < 1.29 is 4.39 Å². The summed E-state index contributed by atoms with van der Waals surface area (Å²) in [7, 11) is 0. The third-order valence-electron chi connectivity index (χ3n) is 2.38. The summed E-state index contributed by atoms with van der Waals surface area (Å²) in [5.74, 6) is -0.363. The molecule has 2 rings (SSSR count). The Labute approximate surface area is 92.5 Å². The highest BCUT2D eigenvalue weighted by molar-refractivity contribution is 5.74. The van der Waals surface area contributed by atoms with E-state index in [9.17, 15) is 9.18 Å². The SMILES string of the molecule is CC(C)(C)n1c(=O)cnc2ccc(F)cc21. The number of benzene rings is 1. The molecule has 0 unspecified atom stereocenters. The Morgan fingerprint density at radius 1 is 1.31 bits per heavy atom. The van der Waals surface area contributed by atoms with Gasteiger partial charge in [0.1, 0.15) is 5.82 Å². The summed E-state index contributed by atoms with van der Waals surface area (Å²) in [6, 6.07) is 4.26. The van der Waals surface area contributed by atoms with E-state index in [0.717, 1.165) is 0 Å². The van der Waals surface area contributed by atoms with E-state index in [0.29, 0.717) is 11.0 Å². The topological polar surface area (TPSA) is 34.9 Å². The van der Waals surface area contributed by atoms with Crippen LogP contribution in [0.3, 0.4) is 0 Å². The molecule has 1 aromatic heterocycles. The van der Waals surface area contributed by atoms with Crippen molar-refractivity contribution >= 4 is 11.0 Å². The molecule has 0 atom stereocenters. The van der Waals surface area contributed by atoms with Gasteiger partial charge < -0.3 is 0 Å². The van der Waals surface area contributed by atoms with Crippen LogP contribution in [0.5, 0.6) is 0 Å². The maximum Gasteiger partial charge on any atom is 0.269 e. The van der Waals surface area contributed by atoms with Crippen LogP contribution < -0.4 is 5.56 Å². The number of hydrogen-bond acceptors (Lipinski definition) is 2. The van der Waals surface area contributed by atoms with Gasteiger partial charge in [-0.25, -0.2) is 9.37 Å². The third-order valence-corrected chi connectivity index (χ3v) is 2.38. The molecule has 16 heavy (non-hydrogen) atoms. The third kappa shape index (κ3) is 1.71. The Morgan fingerprint density at radius 3 is 2.62 bits per heavy atom. The van der Waals surface area contributed by atoms with Crippen molar-refractivity contribution in [2.24, 2.45) is 0 Å². The van der Waals surface area contributed by atoms with Gasteiger partial charge in [-0.05, 0) is 39.0 Å². The van der Waals surface area contributed by atoms with Crippen LogP contribution in [0, 0.1) is 5.82 Å². The van der Waals surface area contributed by atoms with Crippen LogP contribution in [0.4, 0.5) is 4.39 Å². The molecule has 0 spiro atoms. The quantitative estimate of drug-likeness (QED) is 0.682. The Kier molecular flexibility index (Phi) is 2.30. The summed E-state index contributed by atoms with van der Waals surface area (Å²) in [5, 5.41) is 0. The van der Waals surface area contributed by atoms with Crippen molar-refractivity contribution in [1.82, 2.24) is 9.55 Å². The van der Waals surface area contributed by atoms with Crippen molar-refractivity contribution in [3.05, 3.63) is 40.6 Å². The van der Waals surface area contributed by atoms with Crippen molar-refractivity contribution in [1.29, 1.82) is 0 Å². The van der Waals surface area contributed by atoms with E-state index in [1.165, 1.54) is 18.3 Å². The largest absolute Gasteiger partial charge is 0.300 e. The lowest BCUT2D eigenvalue weighted by molar-refractivity contribution is 0.396. The van der Waals surface area contributed by atoms with E-state index in [2.05, 4.69) is 4.98 Å². The fraction of sp³-hybridized carbons (Fsp3) is 0.333. The molecule has 84 valence electrons. The predicted molar refractivity (Wildman–Crippen MR) is 61.0 cm³/mol. The average Bonchev–Trinajstić information content (AvgIpc) is 2.14. The number of halogens is 1. The highest BCUT2D eigenvalue weighted by Crippen LogP contribution is 2.19. The van der Waals surface area contributed by atoms with E-state index in [4.69, 9.17) is 0 Å². The Hall–Kier alpha value is -1.71. The second-order valence-corrected chi connectivity index (χ2v) is 4.74. The van der Waals surface area contributed by atoms with Crippen molar-refractivity contribution in [3.63, 3.8) is 0 Å². The maximum atomic E-state index is 13.2. The monoisotopic (exact) mass is 220 g/mol. The number of aromatic nitrogens is 2. The van der Waals surface area contributed by atoms with Gasteiger partial charge in [-0.3, -0.25) is 9.36 Å². The molecule has 3 nitrogen and oxygen atoms in total. The van der Waals surface area contributed by atoms with E-state index in [1.807, 2.05) is 20.8 Å². The first-order chi connectivity index (χ1) is 7.39. The zero-order valence-electron chi connectivity index (χ0n) is 9.49. The van der Waals surface area contributed by atoms with Gasteiger partial charge in [0.15, 0.2) is 0 Å². The predicted octanol–water partition coefficient (Wildman–Crippen LogP) is 2.29. The lowest BCUT2D eigenvalue weighted by atomic mass is 10.1. The molecule has 0 saturated heterocycles. The van der Waals surface area contributed by atoms with Crippen molar-refractivity contribution in [3.8, 4) is 0 Å². The fourth-order valence-corrected chi connectivity index (χ4v) is 1.78. The van der Waals surface area contributed by atoms with E-state index in [1.54, 1.807) is 10.6 Å². The Balaban J connectivity index is 2.94. The Morgan fingerprint density at radius 2 is 2.00 bits per heavy atom. The lowest BCUT2D eigenvalue weighted by Gasteiger charge is -2.23. The highest BCUT2D eigenvalue weighted by atomic mass is 19.1. The fourth-order valence-electron chi connectivity index (χ4n) is 1.78. The zero-order valence-corrected chi connectivity index (χ0v) is 9.49. The molecule has 0 saturated carbocycles. The van der Waals surface area contributed by atoms with Crippen molar-refractivity contribution in [2.45, 2.75) is 26.3 Å². The smallest absolute Gasteiger partial charge is 0.269 e. The molecule has 0 bridgehead atoms. The molecule has 0 aliphatic heterocycles. The normalized spacial score (nSPS) is 12.0. The maximum absolute atomic E-state index is 13.2. The molecule has 2 aromatic rings. The second-order valence-electron chi connectivity index (χ2n) is 4.74. The first-order valence-electron chi connectivity index (χ1n) is 5.07. The molecule has 0 fully saturated rings. The average molecular weight is 220 g/mol. The van der Waals surface area contributed by atoms with Gasteiger partial charge in [-0.1, -0.05) is 0 Å². The number of hydrogen-bond donors (Lipinski definition) is 0. The molecule has 4 heteroatoms. The molecule has 1 heterocycles. The summed E-state index contributed by atoms with van der Waals surface area (Å²) in [6.45, 7) is 5.70. The van der Waals surface area contributed by atoms with Crippen LogP contribution in [-0.4, -0.2) is 9.55 Å². The zero-order chi connectivity index (χ0) is 11.9. The van der Waals surface area contributed by atoms with Crippen LogP contribution in [0.2, 0.25) is 0 Å². The molecule has 0 aliphatic rings. The van der Waals surface area contributed by atoms with Crippen LogP contribution in [0.1, 0.15) is 20.8 Å². The van der Waals surface area contributed by atoms with Crippen LogP contribution in [0.15, 0.2) is 29.2 Å². The van der Waals surface area contributed by atoms with Gasteiger partial charge in [0, 0.05) is 5.54 Å². The van der Waals surface area contributed by atoms with Gasteiger partial charge in [-0.2, -0.15) is 0 Å². The van der Waals surface area contributed by atoms with Gasteiger partial charge in [0.25, 0.3) is 5.56 Å². The van der Waals surface area contributed by atoms with Crippen LogP contribution in [0.25, 0.3) is 11.0 Å². The van der Waals surface area contributed by atoms with E-state index < -0.39 is 5.54 Å². The van der Waals surface area contributed by atoms with Gasteiger partial charge >= 0.3 is 0 Å². The summed E-state index contributed by atoms with van der Waals surface area (Å²) >= 11 is 0. The summed E-state index contributed by atoms with van der Waals surface area (Å²) < 4.78 is 14.7. The molecule has 0 N–H and O–H groups in total. The minimum Gasteiger partial charge on any atom is -0.300 e. The summed E-state index contributed by atoms with van der Waals surface area (Å²) in [5.41, 5.74) is 0.535. The number of fused-ring (bicyclic) bond motifs is 1. The minimum absolute atomic E-state index is 0.217. The molecule has 0 aliphatic carbocycles. The molecule has 0 radical (unpaired) electrons. The summed E-state index contributed by atoms with van der Waals surface area (Å²) in [6.07, 6.45) is 1.27. The molecular weight excluding hydrogens is 207 g/mol. The Bertz CT molecular complexity index is 596. The van der Waals surface area contributed by atoms with E-state index >= 15 is 0 Å². The van der Waals surface area contributed by atoms with Crippen LogP contribution >= 0.6 is 0 Å². The van der Waals surface area contributed by atoms with Crippen LogP contribution in [-0.2, 0) is 5.54 Å². The molecule has 1 aromatic carbocycles. The van der Waals surface area contributed by atoms with E-state index in [-0.39, 0.29) is 11.4 Å². The first-order valence-corrected chi connectivity index (χ1v) is 5.07. The van der Waals surface area contributed by atoms with Gasteiger partial charge in [-0.15, -0.1) is 0 Å². The number of nitrogens with zero attached hydrogens (tertiary/aromatic N) is 2. The summed E-state index contributed by atoms with van der Waals surface area (Å²) in [4.78, 5) is 15.8. The minimum atomic E-state index is -0.397. The van der Waals surface area contributed by atoms with Crippen molar-refractivity contribution in [2.75, 3.05) is 0 Å². The van der Waals surface area contributed by atoms with Gasteiger partial charge in [0.05, 0.1) is 17.2 Å². The molecule has 0 amide bonds. The lowest BCUT2D eigenvalue weighted by Crippen LogP contribution is -2.34. The number of rotatable bonds is 0. The second kappa shape index (κ2) is 3.40.